The fraction of sp³-hybridized carbons (Fsp3) is 0.333. The van der Waals surface area contributed by atoms with Crippen molar-refractivity contribution in [1.29, 1.82) is 0 Å². The van der Waals surface area contributed by atoms with E-state index in [4.69, 9.17) is 0 Å². The summed E-state index contributed by atoms with van der Waals surface area (Å²) in [6, 6.07) is 1.89. The average Bonchev–Trinajstić information content (AvgIpc) is 2.53. The minimum absolute atomic E-state index is 0.0515. The van der Waals surface area contributed by atoms with E-state index in [9.17, 15) is 8.42 Å². The van der Waals surface area contributed by atoms with Gasteiger partial charge in [-0.05, 0) is 22.4 Å². The molecule has 0 aliphatic heterocycles. The molecule has 0 fully saturated rings. The predicted octanol–water partition coefficient (Wildman–Crippen LogP) is 1.52. The lowest BCUT2D eigenvalue weighted by atomic mass is 10.4. The lowest BCUT2D eigenvalue weighted by Crippen LogP contribution is -2.23. The maximum atomic E-state index is 10.9. The molecule has 0 unspecified atom stereocenters. The quantitative estimate of drug-likeness (QED) is 0.843. The van der Waals surface area contributed by atoms with Gasteiger partial charge in [-0.1, -0.05) is 15.9 Å². The van der Waals surface area contributed by atoms with Crippen LogP contribution in [-0.2, 0) is 16.6 Å². The zero-order chi connectivity index (χ0) is 9.03. The molecule has 0 aliphatic rings. The first-order valence-electron chi connectivity index (χ1n) is 3.18. The van der Waals surface area contributed by atoms with E-state index < -0.39 is 10.0 Å². The molecular weight excluding hydrogens is 262 g/mol. The van der Waals surface area contributed by atoms with Crippen molar-refractivity contribution in [3.63, 3.8) is 0 Å². The summed E-state index contributed by atoms with van der Waals surface area (Å²) in [7, 11) is -3.12. The molecule has 0 bridgehead atoms. The number of nitrogens with one attached hydrogen (secondary N) is 1. The number of halogens is 1. The summed E-state index contributed by atoms with van der Waals surface area (Å²) < 4.78 is 24.3. The molecule has 1 aromatic heterocycles. The highest BCUT2D eigenvalue weighted by Crippen LogP contribution is 2.05. The van der Waals surface area contributed by atoms with E-state index >= 15 is 0 Å². The smallest absolute Gasteiger partial charge is 0.212 e. The fourth-order valence-corrected chi connectivity index (χ4v) is 2.24. The Labute approximate surface area is 84.0 Å². The molecular formula is C6H8BrNO2S2. The lowest BCUT2D eigenvalue weighted by molar-refractivity contribution is 0.587. The van der Waals surface area contributed by atoms with Gasteiger partial charge in [0.25, 0.3) is 0 Å². The van der Waals surface area contributed by atoms with E-state index in [-0.39, 0.29) is 4.66 Å². The third kappa shape index (κ3) is 3.22. The first kappa shape index (κ1) is 10.2. The standard InChI is InChI=1S/C6H8BrNO2S2/c7-5-12(9,10)8-3-6-1-2-11-4-6/h1-2,4,8H,3,5H2. The van der Waals surface area contributed by atoms with E-state index in [0.29, 0.717) is 6.54 Å². The Morgan fingerprint density at radius 1 is 1.58 bits per heavy atom. The van der Waals surface area contributed by atoms with Crippen LogP contribution in [0.25, 0.3) is 0 Å². The normalized spacial score (nSPS) is 11.8. The Hall–Kier alpha value is 0.0900. The van der Waals surface area contributed by atoms with Gasteiger partial charge in [-0.25, -0.2) is 13.1 Å². The van der Waals surface area contributed by atoms with Gasteiger partial charge in [0, 0.05) is 6.54 Å². The van der Waals surface area contributed by atoms with Crippen LogP contribution in [0.15, 0.2) is 16.8 Å². The number of rotatable bonds is 4. The van der Waals surface area contributed by atoms with Crippen molar-refractivity contribution in [3.8, 4) is 0 Å². The summed E-state index contributed by atoms with van der Waals surface area (Å²) in [5, 5.41) is 3.83. The maximum Gasteiger partial charge on any atom is 0.221 e. The molecule has 68 valence electrons. The van der Waals surface area contributed by atoms with Crippen LogP contribution in [0.2, 0.25) is 0 Å². The summed E-state index contributed by atoms with van der Waals surface area (Å²) in [5.41, 5.74) is 0.990. The molecule has 0 atom stereocenters. The first-order chi connectivity index (χ1) is 5.64. The van der Waals surface area contributed by atoms with Gasteiger partial charge in [0.05, 0.1) is 0 Å². The van der Waals surface area contributed by atoms with Gasteiger partial charge in [-0.15, -0.1) is 0 Å². The van der Waals surface area contributed by atoms with Crippen LogP contribution < -0.4 is 4.72 Å². The minimum atomic E-state index is -3.12. The van der Waals surface area contributed by atoms with Crippen molar-refractivity contribution in [3.05, 3.63) is 22.4 Å². The third-order valence-corrected chi connectivity index (χ3v) is 4.63. The summed E-state index contributed by atoms with van der Waals surface area (Å²) in [5.74, 6) is 0. The maximum absolute atomic E-state index is 10.9. The first-order valence-corrected chi connectivity index (χ1v) is 6.90. The topological polar surface area (TPSA) is 46.2 Å². The Morgan fingerprint density at radius 3 is 2.83 bits per heavy atom. The van der Waals surface area contributed by atoms with Gasteiger partial charge in [-0.2, -0.15) is 11.3 Å². The number of hydrogen-bond donors (Lipinski definition) is 1. The zero-order valence-corrected chi connectivity index (χ0v) is 9.38. The van der Waals surface area contributed by atoms with Crippen molar-refractivity contribution in [2.24, 2.45) is 0 Å². The molecule has 3 nitrogen and oxygen atoms in total. The molecule has 1 N–H and O–H groups in total. The minimum Gasteiger partial charge on any atom is -0.212 e. The zero-order valence-electron chi connectivity index (χ0n) is 6.16. The highest BCUT2D eigenvalue weighted by Gasteiger charge is 2.06. The monoisotopic (exact) mass is 269 g/mol. The molecule has 0 saturated heterocycles. The predicted molar refractivity (Wildman–Crippen MR) is 53.9 cm³/mol. The Balaban J connectivity index is 2.47. The average molecular weight is 270 g/mol. The highest BCUT2D eigenvalue weighted by atomic mass is 79.9. The lowest BCUT2D eigenvalue weighted by Gasteiger charge is -2.00. The van der Waals surface area contributed by atoms with Crippen LogP contribution in [-0.4, -0.2) is 13.1 Å². The fourth-order valence-electron chi connectivity index (χ4n) is 0.625. The Bertz CT molecular complexity index is 319. The summed E-state index contributed by atoms with van der Waals surface area (Å²) in [6.45, 7) is 0.372. The van der Waals surface area contributed by atoms with Crippen molar-refractivity contribution in [2.75, 3.05) is 4.66 Å². The van der Waals surface area contributed by atoms with Gasteiger partial charge in [0.2, 0.25) is 10.0 Å². The van der Waals surface area contributed by atoms with E-state index in [2.05, 4.69) is 20.7 Å². The SMILES string of the molecule is O=S(=O)(CBr)NCc1ccsc1. The van der Waals surface area contributed by atoms with Gasteiger partial charge in [-0.3, -0.25) is 0 Å². The number of alkyl halides is 1. The van der Waals surface area contributed by atoms with Gasteiger partial charge < -0.3 is 0 Å². The molecule has 6 heteroatoms. The third-order valence-electron chi connectivity index (χ3n) is 1.22. The molecule has 1 aromatic rings. The van der Waals surface area contributed by atoms with Crippen molar-refractivity contribution in [2.45, 2.75) is 6.54 Å². The van der Waals surface area contributed by atoms with E-state index in [1.807, 2.05) is 16.8 Å². The number of thiophene rings is 1. The van der Waals surface area contributed by atoms with Crippen molar-refractivity contribution >= 4 is 37.3 Å². The second kappa shape index (κ2) is 4.36. The van der Waals surface area contributed by atoms with Gasteiger partial charge >= 0.3 is 0 Å². The number of sulfonamides is 1. The Kier molecular flexibility index (Phi) is 3.70. The molecule has 12 heavy (non-hydrogen) atoms. The summed E-state index contributed by atoms with van der Waals surface area (Å²) in [4.78, 5) is 0. The van der Waals surface area contributed by atoms with Crippen LogP contribution in [0.3, 0.4) is 0 Å². The molecule has 1 rings (SSSR count). The second-order valence-corrected chi connectivity index (χ2v) is 6.07. The Morgan fingerprint density at radius 2 is 2.33 bits per heavy atom. The molecule has 0 saturated carbocycles. The largest absolute Gasteiger partial charge is 0.221 e. The van der Waals surface area contributed by atoms with Crippen molar-refractivity contribution in [1.82, 2.24) is 4.72 Å². The molecule has 0 radical (unpaired) electrons. The molecule has 0 aliphatic carbocycles. The highest BCUT2D eigenvalue weighted by molar-refractivity contribution is 9.10. The van der Waals surface area contributed by atoms with Gasteiger partial charge in [0.15, 0.2) is 0 Å². The van der Waals surface area contributed by atoms with Crippen molar-refractivity contribution < 1.29 is 8.42 Å². The second-order valence-electron chi connectivity index (χ2n) is 2.18. The van der Waals surface area contributed by atoms with E-state index in [1.165, 1.54) is 0 Å². The van der Waals surface area contributed by atoms with Gasteiger partial charge in [0.1, 0.15) is 4.66 Å². The van der Waals surface area contributed by atoms with E-state index in [1.54, 1.807) is 11.3 Å². The van der Waals surface area contributed by atoms with E-state index in [0.717, 1.165) is 5.56 Å². The molecule has 0 spiro atoms. The van der Waals surface area contributed by atoms with Crippen LogP contribution in [0.1, 0.15) is 5.56 Å². The van der Waals surface area contributed by atoms with Crippen LogP contribution >= 0.6 is 27.3 Å². The van der Waals surface area contributed by atoms with Crippen LogP contribution in [0.4, 0.5) is 0 Å². The summed E-state index contributed by atoms with van der Waals surface area (Å²) in [6.07, 6.45) is 0. The molecule has 1 heterocycles. The van der Waals surface area contributed by atoms with Crippen LogP contribution in [0, 0.1) is 0 Å². The molecule has 0 aromatic carbocycles. The molecule has 0 amide bonds. The van der Waals surface area contributed by atoms with Crippen LogP contribution in [0.5, 0.6) is 0 Å². The number of hydrogen-bond acceptors (Lipinski definition) is 3. The summed E-state index contributed by atoms with van der Waals surface area (Å²) >= 11 is 4.44.